The number of amides is 3. The van der Waals surface area contributed by atoms with Crippen molar-refractivity contribution in [2.24, 2.45) is 29.6 Å². The van der Waals surface area contributed by atoms with Crippen molar-refractivity contribution >= 4 is 34.9 Å². The minimum Gasteiger partial charge on any atom is -0.469 e. The Labute approximate surface area is 339 Å². The molecule has 8 atom stereocenters. The molecule has 304 valence electrons. The minimum absolute atomic E-state index is 0.00210. The summed E-state index contributed by atoms with van der Waals surface area (Å²) in [6, 6.07) is 13.2. The second-order valence-corrected chi connectivity index (χ2v) is 17.2. The zero-order valence-electron chi connectivity index (χ0n) is 34.1. The number of H-pyrrole nitrogens is 2. The molecule has 3 amide bonds. The van der Waals surface area contributed by atoms with Crippen LogP contribution in [-0.4, -0.2) is 86.0 Å². The van der Waals surface area contributed by atoms with E-state index in [0.717, 1.165) is 83.6 Å². The van der Waals surface area contributed by atoms with Gasteiger partial charge in [0.1, 0.15) is 17.7 Å². The molecule has 0 unspecified atom stereocenters. The van der Waals surface area contributed by atoms with E-state index in [0.29, 0.717) is 11.8 Å². The third-order valence-corrected chi connectivity index (χ3v) is 13.0. The highest BCUT2D eigenvalue weighted by Crippen LogP contribution is 2.52. The van der Waals surface area contributed by atoms with Crippen LogP contribution in [0.3, 0.4) is 0 Å². The molecule has 58 heavy (non-hydrogen) atoms. The molecule has 2 aromatic carbocycles. The highest BCUT2D eigenvalue weighted by atomic mass is 16.5. The van der Waals surface area contributed by atoms with E-state index >= 15 is 0 Å². The van der Waals surface area contributed by atoms with Crippen LogP contribution < -0.4 is 5.32 Å². The monoisotopic (exact) mass is 787 g/mol. The van der Waals surface area contributed by atoms with Crippen LogP contribution in [0.4, 0.5) is 4.79 Å². The maximum atomic E-state index is 14.0. The quantitative estimate of drug-likeness (QED) is 0.119. The molecule has 13 nitrogen and oxygen atoms in total. The molecule has 4 bridgehead atoms. The molecule has 8 rings (SSSR count). The van der Waals surface area contributed by atoms with E-state index in [1.807, 2.05) is 86.2 Å². The summed E-state index contributed by atoms with van der Waals surface area (Å²) in [6.07, 6.45) is 7.17. The van der Waals surface area contributed by atoms with Crippen LogP contribution in [0.1, 0.15) is 108 Å². The second-order valence-electron chi connectivity index (χ2n) is 17.2. The van der Waals surface area contributed by atoms with E-state index in [1.54, 1.807) is 0 Å². The number of rotatable bonds is 10. The number of esters is 1. The van der Waals surface area contributed by atoms with Gasteiger partial charge in [-0.3, -0.25) is 14.4 Å². The number of carbonyl (C=O) groups is 4. The number of hydrogen-bond acceptors (Lipinski definition) is 8. The van der Waals surface area contributed by atoms with Gasteiger partial charge >= 0.3 is 12.1 Å². The number of aromatic amines is 2. The molecule has 2 saturated carbocycles. The molecular weight excluding hydrogens is 735 g/mol. The van der Waals surface area contributed by atoms with Gasteiger partial charge in [0.2, 0.25) is 11.8 Å². The standard InChI is InChI=1S/C45H53N7O6/c1-24(2)33(22-37(53)57-5)43(54)51-31-16-15-30(21-31)40(51)42-47-34-18-11-27(19-35(34)48-42)8-7-26-9-12-28(13-10-26)36-23-46-41(49-36)39-29-14-17-32(20-29)52(39)44(55)38(25(3)4)50-45(56)58-6/h9-13,18-19,23-25,29-33,38-40H,14-17,20-22H2,1-6H3,(H,46,49)(H,47,48)(H,50,56)/t29-,30-,31+,32+,33-,38-,39-,40-/m0/s1. The van der Waals surface area contributed by atoms with Gasteiger partial charge in [-0.15, -0.1) is 0 Å². The van der Waals surface area contributed by atoms with Crippen LogP contribution in [0, 0.1) is 41.4 Å². The van der Waals surface area contributed by atoms with E-state index in [9.17, 15) is 19.2 Å². The Morgan fingerprint density at radius 2 is 1.43 bits per heavy atom. The molecule has 2 aliphatic carbocycles. The highest BCUT2D eigenvalue weighted by Gasteiger charge is 2.53. The van der Waals surface area contributed by atoms with Crippen molar-refractivity contribution in [1.82, 2.24) is 35.1 Å². The summed E-state index contributed by atoms with van der Waals surface area (Å²) in [6.45, 7) is 7.82. The zero-order chi connectivity index (χ0) is 40.8. The Hall–Kier alpha value is -5.64. The summed E-state index contributed by atoms with van der Waals surface area (Å²) >= 11 is 0. The Bertz CT molecular complexity index is 2270. The van der Waals surface area contributed by atoms with Gasteiger partial charge in [0.25, 0.3) is 0 Å². The van der Waals surface area contributed by atoms with Crippen molar-refractivity contribution < 1.29 is 28.7 Å². The van der Waals surface area contributed by atoms with E-state index in [1.165, 1.54) is 14.2 Å². The average Bonchev–Trinajstić information content (AvgIpc) is 4.09. The smallest absolute Gasteiger partial charge is 0.407 e. The number of hydrogen-bond donors (Lipinski definition) is 3. The summed E-state index contributed by atoms with van der Waals surface area (Å²) in [4.78, 5) is 73.0. The molecule has 2 saturated heterocycles. The molecule has 13 heteroatoms. The number of nitrogens with zero attached hydrogens (tertiary/aromatic N) is 4. The number of likely N-dealkylation sites (tertiary alicyclic amines) is 2. The van der Waals surface area contributed by atoms with Gasteiger partial charge in [-0.2, -0.15) is 0 Å². The first-order valence-corrected chi connectivity index (χ1v) is 20.7. The van der Waals surface area contributed by atoms with Gasteiger partial charge in [-0.05, 0) is 98.1 Å². The fraction of sp³-hybridized carbons (Fsp3) is 0.511. The molecule has 0 radical (unpaired) electrons. The number of alkyl carbamates (subject to hydrolysis) is 1. The number of nitrogens with one attached hydrogen (secondary N) is 3. The molecule has 4 aromatic rings. The topological polar surface area (TPSA) is 163 Å². The average molecular weight is 788 g/mol. The fourth-order valence-corrected chi connectivity index (χ4v) is 10.00. The Morgan fingerprint density at radius 1 is 0.793 bits per heavy atom. The predicted molar refractivity (Wildman–Crippen MR) is 217 cm³/mol. The summed E-state index contributed by atoms with van der Waals surface area (Å²) in [5.74, 6) is 7.78. The van der Waals surface area contributed by atoms with E-state index in [2.05, 4.69) is 27.1 Å². The van der Waals surface area contributed by atoms with Gasteiger partial charge in [-0.1, -0.05) is 51.7 Å². The number of aromatic nitrogens is 4. The normalized spacial score (nSPS) is 24.3. The number of carbonyl (C=O) groups excluding carboxylic acids is 4. The first-order valence-electron chi connectivity index (χ1n) is 20.7. The van der Waals surface area contributed by atoms with E-state index in [-0.39, 0.29) is 60.2 Å². The molecular formula is C45H53N7O6. The number of benzene rings is 2. The summed E-state index contributed by atoms with van der Waals surface area (Å²) in [5.41, 5.74) is 5.21. The first-order chi connectivity index (χ1) is 27.9. The van der Waals surface area contributed by atoms with Crippen LogP contribution in [-0.2, 0) is 23.9 Å². The molecule has 4 heterocycles. The highest BCUT2D eigenvalue weighted by molar-refractivity contribution is 5.87. The van der Waals surface area contributed by atoms with Gasteiger partial charge in [0.05, 0.1) is 61.6 Å². The lowest BCUT2D eigenvalue weighted by Gasteiger charge is -2.37. The van der Waals surface area contributed by atoms with E-state index < -0.39 is 18.1 Å². The van der Waals surface area contributed by atoms with Crippen LogP contribution in [0.25, 0.3) is 22.3 Å². The molecule has 0 spiro atoms. The van der Waals surface area contributed by atoms with Crippen LogP contribution in [0.5, 0.6) is 0 Å². The number of methoxy groups -OCH3 is 2. The number of imidazole rings is 2. The number of fused-ring (bicyclic) bond motifs is 5. The molecule has 2 aliphatic heterocycles. The second kappa shape index (κ2) is 16.0. The summed E-state index contributed by atoms with van der Waals surface area (Å²) in [5, 5.41) is 2.75. The van der Waals surface area contributed by atoms with E-state index in [4.69, 9.17) is 19.4 Å². The van der Waals surface area contributed by atoms with Gasteiger partial charge in [0.15, 0.2) is 0 Å². The third kappa shape index (κ3) is 7.33. The predicted octanol–water partition coefficient (Wildman–Crippen LogP) is 6.67. The van der Waals surface area contributed by atoms with Crippen LogP contribution in [0.15, 0.2) is 48.7 Å². The van der Waals surface area contributed by atoms with Gasteiger partial charge in [0, 0.05) is 23.2 Å². The van der Waals surface area contributed by atoms with Crippen molar-refractivity contribution in [3.8, 4) is 23.1 Å². The molecule has 2 aromatic heterocycles. The third-order valence-electron chi connectivity index (χ3n) is 13.0. The maximum absolute atomic E-state index is 14.0. The van der Waals surface area contributed by atoms with Crippen molar-refractivity contribution in [3.63, 3.8) is 0 Å². The SMILES string of the molecule is COC(=O)C[C@H](C(=O)N1[C@@H]2CC[C@@H](C2)[C@H]1c1nc2ccc(C#Cc3ccc(-c4cnc([C@@H]5[C@H]6CC[C@H](C6)N5C(=O)[C@@H](NC(=O)OC)C(C)C)[nH]4)cc3)cc2[nH]1)C(C)C. The summed E-state index contributed by atoms with van der Waals surface area (Å²) in [7, 11) is 2.67. The lowest BCUT2D eigenvalue weighted by Crippen LogP contribution is -2.54. The molecule has 4 aliphatic rings. The maximum Gasteiger partial charge on any atom is 0.407 e. The molecule has 3 N–H and O–H groups in total. The van der Waals surface area contributed by atoms with Crippen molar-refractivity contribution in [3.05, 3.63) is 71.4 Å². The Kier molecular flexibility index (Phi) is 10.8. The van der Waals surface area contributed by atoms with Crippen molar-refractivity contribution in [1.29, 1.82) is 0 Å². The van der Waals surface area contributed by atoms with Crippen LogP contribution in [0.2, 0.25) is 0 Å². The zero-order valence-corrected chi connectivity index (χ0v) is 34.1. The van der Waals surface area contributed by atoms with Gasteiger partial charge in [-0.25, -0.2) is 14.8 Å². The van der Waals surface area contributed by atoms with Crippen molar-refractivity contribution in [2.45, 2.75) is 103 Å². The lowest BCUT2D eigenvalue weighted by atomic mass is 9.89. The Morgan fingerprint density at radius 3 is 2.07 bits per heavy atom. The summed E-state index contributed by atoms with van der Waals surface area (Å²) < 4.78 is 9.74. The lowest BCUT2D eigenvalue weighted by molar-refractivity contribution is -0.150. The van der Waals surface area contributed by atoms with Gasteiger partial charge < -0.3 is 34.6 Å². The van der Waals surface area contributed by atoms with Crippen molar-refractivity contribution in [2.75, 3.05) is 14.2 Å². The molecule has 4 fully saturated rings. The number of piperidine rings is 2. The largest absolute Gasteiger partial charge is 0.469 e. The van der Waals surface area contributed by atoms with Crippen LogP contribution >= 0.6 is 0 Å². The Balaban J connectivity index is 0.965. The minimum atomic E-state index is -0.685. The first kappa shape index (κ1) is 39.2. The fourth-order valence-electron chi connectivity index (χ4n) is 10.00. The number of ether oxygens (including phenoxy) is 2.